The number of hydrogen-bond acceptors (Lipinski definition) is 6. The van der Waals surface area contributed by atoms with E-state index in [1.807, 2.05) is 0 Å². The van der Waals surface area contributed by atoms with E-state index in [1.165, 1.54) is 73.0 Å². The Morgan fingerprint density at radius 3 is 2.26 bits per heavy atom. The predicted molar refractivity (Wildman–Crippen MR) is 138 cm³/mol. The van der Waals surface area contributed by atoms with E-state index in [2.05, 4.69) is 33.3 Å². The second kappa shape index (κ2) is 15.7. The fourth-order valence-corrected chi connectivity index (χ4v) is 3.94. The summed E-state index contributed by atoms with van der Waals surface area (Å²) in [7, 11) is 2.64. The zero-order chi connectivity index (χ0) is 28.9. The molecular formula is C26H37F4N5O3. The number of primary amides is 1. The number of halogens is 4. The van der Waals surface area contributed by atoms with Gasteiger partial charge in [0.2, 0.25) is 11.9 Å². The van der Waals surface area contributed by atoms with Gasteiger partial charge in [0.05, 0.1) is 29.6 Å². The molecule has 0 radical (unpaired) electrons. The summed E-state index contributed by atoms with van der Waals surface area (Å²) in [5.74, 6) is -0.795. The monoisotopic (exact) mass is 543 g/mol. The van der Waals surface area contributed by atoms with Crippen LogP contribution in [-0.2, 0) is 11.0 Å². The van der Waals surface area contributed by atoms with Crippen molar-refractivity contribution in [1.82, 2.24) is 15.3 Å². The minimum Gasteiger partial charge on any atom is -0.495 e. The van der Waals surface area contributed by atoms with Crippen molar-refractivity contribution < 1.29 is 31.9 Å². The van der Waals surface area contributed by atoms with Gasteiger partial charge in [-0.15, -0.1) is 0 Å². The largest absolute Gasteiger partial charge is 0.495 e. The number of anilines is 2. The molecule has 1 fully saturated rings. The van der Waals surface area contributed by atoms with Gasteiger partial charge in [-0.1, -0.05) is 51.9 Å². The van der Waals surface area contributed by atoms with Crippen molar-refractivity contribution in [2.24, 2.45) is 11.7 Å². The molecule has 12 heteroatoms. The number of benzene rings is 1. The molecule has 0 atom stereocenters. The van der Waals surface area contributed by atoms with Crippen molar-refractivity contribution in [1.29, 1.82) is 0 Å². The van der Waals surface area contributed by atoms with Gasteiger partial charge in [0.15, 0.2) is 0 Å². The third-order valence-corrected chi connectivity index (χ3v) is 5.71. The third-order valence-electron chi connectivity index (χ3n) is 5.71. The maximum atomic E-state index is 14.1. The highest BCUT2D eigenvalue weighted by molar-refractivity contribution is 5.95. The molecule has 3 rings (SSSR count). The lowest BCUT2D eigenvalue weighted by Gasteiger charge is -2.20. The highest BCUT2D eigenvalue weighted by Crippen LogP contribution is 2.33. The fourth-order valence-electron chi connectivity index (χ4n) is 3.94. The van der Waals surface area contributed by atoms with Gasteiger partial charge >= 0.3 is 6.18 Å². The van der Waals surface area contributed by atoms with Crippen molar-refractivity contribution in [3.63, 3.8) is 0 Å². The van der Waals surface area contributed by atoms with E-state index in [4.69, 9.17) is 4.74 Å². The summed E-state index contributed by atoms with van der Waals surface area (Å²) in [6.07, 6.45) is 6.50. The van der Waals surface area contributed by atoms with E-state index >= 15 is 0 Å². The molecule has 1 aromatic carbocycles. The summed E-state index contributed by atoms with van der Waals surface area (Å²) in [4.78, 5) is 28.1. The van der Waals surface area contributed by atoms with Crippen LogP contribution in [0.4, 0.5) is 29.2 Å². The number of hydrogen-bond donors (Lipinski definition) is 3. The van der Waals surface area contributed by atoms with E-state index in [-0.39, 0.29) is 34.5 Å². The van der Waals surface area contributed by atoms with Gasteiger partial charge in [-0.2, -0.15) is 13.2 Å². The Hall–Kier alpha value is -3.44. The molecule has 0 unspecified atom stereocenters. The zero-order valence-electron chi connectivity index (χ0n) is 22.5. The van der Waals surface area contributed by atoms with Crippen molar-refractivity contribution >= 4 is 23.5 Å². The molecule has 1 saturated carbocycles. The number of nitrogens with zero attached hydrogens (tertiary/aromatic N) is 2. The molecule has 4 N–H and O–H groups in total. The molecule has 0 bridgehead atoms. The Bertz CT molecular complexity index is 1050. The summed E-state index contributed by atoms with van der Waals surface area (Å²) in [6, 6.07) is 2.13. The van der Waals surface area contributed by atoms with E-state index in [0.717, 1.165) is 18.1 Å². The van der Waals surface area contributed by atoms with E-state index in [1.54, 1.807) is 0 Å². The quantitative estimate of drug-likeness (QED) is 0.390. The third kappa shape index (κ3) is 10.9. The fraction of sp³-hybridized carbons (Fsp3) is 0.538. The van der Waals surface area contributed by atoms with Gasteiger partial charge in [-0.25, -0.2) is 14.4 Å². The predicted octanol–water partition coefficient (Wildman–Crippen LogP) is 5.91. The molecule has 0 spiro atoms. The molecule has 8 nitrogen and oxygen atoms in total. The minimum atomic E-state index is -4.57. The first-order chi connectivity index (χ1) is 17.8. The second-order valence-corrected chi connectivity index (χ2v) is 8.83. The lowest BCUT2D eigenvalue weighted by Crippen LogP contribution is -2.19. The standard InChI is InChI=1S/C15H14F4N4O2.C9H18.C2H5NO/c1-7-9(15(17,18)19)6-21-14(22-7)23-11-5-10(16)8(13(24)20-2)4-12(11)25-3;1-2-6-9-7-4-3-5-8-9;1-2(3)4/h4-6H,1-3H3,(H,20,24)(H,21,22,23);9H,2-8H2,1H3;1H3,(H2,3,4). The van der Waals surface area contributed by atoms with Crippen LogP contribution in [0, 0.1) is 18.7 Å². The molecule has 1 aliphatic carbocycles. The second-order valence-electron chi connectivity index (χ2n) is 8.83. The molecular weight excluding hydrogens is 506 g/mol. The van der Waals surface area contributed by atoms with Crippen molar-refractivity contribution in [2.75, 3.05) is 19.5 Å². The van der Waals surface area contributed by atoms with E-state index in [9.17, 15) is 27.2 Å². The SMILES string of the molecule is CC(N)=O.CCCC1CCCCC1.CNC(=O)c1cc(OC)c(Nc2ncc(C(F)(F)F)c(C)n2)cc1F. The summed E-state index contributed by atoms with van der Waals surface area (Å²) in [5.41, 5.74) is 3.04. The number of nitrogens with one attached hydrogen (secondary N) is 2. The van der Waals surface area contributed by atoms with Crippen molar-refractivity contribution in [3.8, 4) is 5.75 Å². The number of ether oxygens (including phenoxy) is 1. The summed E-state index contributed by atoms with van der Waals surface area (Å²) < 4.78 is 57.3. The Morgan fingerprint density at radius 2 is 1.79 bits per heavy atom. The van der Waals surface area contributed by atoms with Crippen LogP contribution in [0.1, 0.15) is 80.4 Å². The molecule has 1 aromatic heterocycles. The maximum Gasteiger partial charge on any atom is 0.419 e. The van der Waals surface area contributed by atoms with Gasteiger partial charge < -0.3 is 21.1 Å². The molecule has 38 heavy (non-hydrogen) atoms. The highest BCUT2D eigenvalue weighted by atomic mass is 19.4. The number of alkyl halides is 3. The van der Waals surface area contributed by atoms with Crippen LogP contribution in [0.25, 0.3) is 0 Å². The normalized spacial score (nSPS) is 13.3. The molecule has 0 aliphatic heterocycles. The summed E-state index contributed by atoms with van der Waals surface area (Å²) in [6.45, 7) is 4.79. The number of amides is 2. The molecule has 1 aliphatic rings. The van der Waals surface area contributed by atoms with Crippen LogP contribution in [0.5, 0.6) is 5.75 Å². The number of carbonyl (C=O) groups excluding carboxylic acids is 2. The van der Waals surface area contributed by atoms with Gasteiger partial charge in [0, 0.05) is 26.2 Å². The van der Waals surface area contributed by atoms with Crippen LogP contribution in [0.3, 0.4) is 0 Å². The Balaban J connectivity index is 0.000000456. The number of carbonyl (C=O) groups is 2. The first-order valence-electron chi connectivity index (χ1n) is 12.4. The Morgan fingerprint density at radius 1 is 1.18 bits per heavy atom. The van der Waals surface area contributed by atoms with Gasteiger partial charge in [-0.05, 0) is 18.9 Å². The van der Waals surface area contributed by atoms with Gasteiger partial charge in [-0.3, -0.25) is 9.59 Å². The average molecular weight is 544 g/mol. The first-order valence-corrected chi connectivity index (χ1v) is 12.4. The minimum absolute atomic E-state index is 0.0619. The van der Waals surface area contributed by atoms with Crippen LogP contribution in [0.15, 0.2) is 18.3 Å². The molecule has 2 amide bonds. The summed E-state index contributed by atoms with van der Waals surface area (Å²) in [5, 5.41) is 4.87. The topological polar surface area (TPSA) is 119 Å². The Labute approximate surface area is 220 Å². The number of aryl methyl sites for hydroxylation is 1. The molecule has 212 valence electrons. The van der Waals surface area contributed by atoms with Crippen LogP contribution in [0.2, 0.25) is 0 Å². The number of nitrogens with two attached hydrogens (primary N) is 1. The van der Waals surface area contributed by atoms with Crippen molar-refractivity contribution in [3.05, 3.63) is 41.0 Å². The smallest absolute Gasteiger partial charge is 0.419 e. The highest BCUT2D eigenvalue weighted by Gasteiger charge is 2.33. The number of methoxy groups -OCH3 is 1. The van der Waals surface area contributed by atoms with Crippen LogP contribution in [-0.4, -0.2) is 35.9 Å². The lowest BCUT2D eigenvalue weighted by atomic mass is 9.86. The van der Waals surface area contributed by atoms with Crippen LogP contribution < -0.4 is 21.1 Å². The Kier molecular flexibility index (Phi) is 13.5. The first kappa shape index (κ1) is 32.6. The van der Waals surface area contributed by atoms with Crippen molar-refractivity contribution in [2.45, 2.75) is 71.9 Å². The molecule has 1 heterocycles. The zero-order valence-corrected chi connectivity index (χ0v) is 22.5. The van der Waals surface area contributed by atoms with Crippen LogP contribution >= 0.6 is 0 Å². The average Bonchev–Trinajstić information content (AvgIpc) is 2.84. The van der Waals surface area contributed by atoms with E-state index in [0.29, 0.717) is 6.20 Å². The van der Waals surface area contributed by atoms with Gasteiger partial charge in [0.25, 0.3) is 5.91 Å². The number of rotatable bonds is 6. The molecule has 0 saturated heterocycles. The van der Waals surface area contributed by atoms with Gasteiger partial charge in [0.1, 0.15) is 11.6 Å². The van der Waals surface area contributed by atoms with E-state index < -0.39 is 23.5 Å². The number of aromatic nitrogens is 2. The molecule has 2 aromatic rings. The summed E-state index contributed by atoms with van der Waals surface area (Å²) >= 11 is 0. The maximum absolute atomic E-state index is 14.1. The lowest BCUT2D eigenvalue weighted by molar-refractivity contribution is -0.138.